The number of halogens is 1. The standard InChI is InChI=1S/C19H15FN2O3S/c1-4-8-22-14-10-15(24-2)16(25-3)11-17(14)26-19(22)21-18(23)12-6-5-7-13(20)9-12/h1,5-7,9-11H,8H2,2-3H3. The SMILES string of the molecule is C#CCn1c(=NC(=O)c2cccc(F)c2)sc2cc(OC)c(OC)cc21. The summed E-state index contributed by atoms with van der Waals surface area (Å²) in [5.74, 6) is 2.64. The van der Waals surface area contributed by atoms with Gasteiger partial charge in [0.1, 0.15) is 5.82 Å². The van der Waals surface area contributed by atoms with Gasteiger partial charge in [-0.25, -0.2) is 4.39 Å². The minimum absolute atomic E-state index is 0.171. The van der Waals surface area contributed by atoms with E-state index in [2.05, 4.69) is 10.9 Å². The Bertz CT molecular complexity index is 1090. The first-order valence-corrected chi connectivity index (χ1v) is 8.42. The van der Waals surface area contributed by atoms with E-state index in [4.69, 9.17) is 15.9 Å². The van der Waals surface area contributed by atoms with Gasteiger partial charge in [0, 0.05) is 17.7 Å². The van der Waals surface area contributed by atoms with Gasteiger partial charge in [0.05, 0.1) is 31.0 Å². The molecule has 1 heterocycles. The first kappa shape index (κ1) is 17.7. The highest BCUT2D eigenvalue weighted by Gasteiger charge is 2.13. The van der Waals surface area contributed by atoms with Crippen LogP contribution in [-0.4, -0.2) is 24.7 Å². The molecule has 0 aliphatic heterocycles. The number of nitrogens with zero attached hydrogens (tertiary/aromatic N) is 2. The average Bonchev–Trinajstić information content (AvgIpc) is 2.97. The van der Waals surface area contributed by atoms with Crippen LogP contribution in [0.1, 0.15) is 10.4 Å². The van der Waals surface area contributed by atoms with Gasteiger partial charge in [-0.15, -0.1) is 6.42 Å². The van der Waals surface area contributed by atoms with Crippen molar-refractivity contribution in [2.75, 3.05) is 14.2 Å². The third-order valence-corrected chi connectivity index (χ3v) is 4.75. The van der Waals surface area contributed by atoms with Crippen LogP contribution in [0.4, 0.5) is 4.39 Å². The molecule has 1 amide bonds. The summed E-state index contributed by atoms with van der Waals surface area (Å²) in [4.78, 5) is 17.0. The van der Waals surface area contributed by atoms with Crippen LogP contribution in [-0.2, 0) is 6.54 Å². The van der Waals surface area contributed by atoms with E-state index in [1.807, 2.05) is 0 Å². The number of methoxy groups -OCH3 is 2. The molecule has 0 spiro atoms. The monoisotopic (exact) mass is 370 g/mol. The number of thiazole rings is 1. The second kappa shape index (κ2) is 7.42. The van der Waals surface area contributed by atoms with Crippen molar-refractivity contribution in [3.8, 4) is 23.8 Å². The van der Waals surface area contributed by atoms with Crippen LogP contribution < -0.4 is 14.3 Å². The van der Waals surface area contributed by atoms with Gasteiger partial charge in [0.25, 0.3) is 5.91 Å². The lowest BCUT2D eigenvalue weighted by molar-refractivity contribution is 0.0997. The lowest BCUT2D eigenvalue weighted by Crippen LogP contribution is -2.16. The van der Waals surface area contributed by atoms with E-state index in [0.29, 0.717) is 16.3 Å². The predicted octanol–water partition coefficient (Wildman–Crippen LogP) is 3.23. The molecule has 132 valence electrons. The van der Waals surface area contributed by atoms with Crippen molar-refractivity contribution < 1.29 is 18.7 Å². The van der Waals surface area contributed by atoms with Crippen LogP contribution in [0.5, 0.6) is 11.5 Å². The fourth-order valence-corrected chi connectivity index (χ4v) is 3.54. The molecule has 0 N–H and O–H groups in total. The zero-order valence-electron chi connectivity index (χ0n) is 14.2. The van der Waals surface area contributed by atoms with Gasteiger partial charge >= 0.3 is 0 Å². The van der Waals surface area contributed by atoms with Gasteiger partial charge in [-0.05, 0) is 18.2 Å². The first-order valence-electron chi connectivity index (χ1n) is 7.61. The van der Waals surface area contributed by atoms with Crippen molar-refractivity contribution in [3.05, 3.63) is 52.6 Å². The average molecular weight is 370 g/mol. The number of ether oxygens (including phenoxy) is 2. The predicted molar refractivity (Wildman–Crippen MR) is 98.0 cm³/mol. The van der Waals surface area contributed by atoms with Gasteiger partial charge in [0.15, 0.2) is 16.3 Å². The summed E-state index contributed by atoms with van der Waals surface area (Å²) in [7, 11) is 3.09. The third-order valence-electron chi connectivity index (χ3n) is 3.71. The van der Waals surface area contributed by atoms with Gasteiger partial charge < -0.3 is 14.0 Å². The maximum absolute atomic E-state index is 13.3. The van der Waals surface area contributed by atoms with Crippen LogP contribution >= 0.6 is 11.3 Å². The first-order chi connectivity index (χ1) is 12.6. The highest BCUT2D eigenvalue weighted by atomic mass is 32.1. The molecular formula is C19H15FN2O3S. The van der Waals surface area contributed by atoms with E-state index in [1.165, 1.54) is 29.5 Å². The summed E-state index contributed by atoms with van der Waals surface area (Å²) >= 11 is 1.29. The fraction of sp³-hybridized carbons (Fsp3) is 0.158. The van der Waals surface area contributed by atoms with E-state index in [9.17, 15) is 9.18 Å². The van der Waals surface area contributed by atoms with Crippen LogP contribution in [0, 0.1) is 18.2 Å². The lowest BCUT2D eigenvalue weighted by atomic mass is 10.2. The van der Waals surface area contributed by atoms with E-state index in [1.54, 1.807) is 30.9 Å². The van der Waals surface area contributed by atoms with Gasteiger partial charge in [-0.2, -0.15) is 4.99 Å². The van der Waals surface area contributed by atoms with Crippen molar-refractivity contribution in [2.45, 2.75) is 6.54 Å². The Balaban J connectivity index is 2.20. The normalized spacial score (nSPS) is 11.4. The van der Waals surface area contributed by atoms with Crippen LogP contribution in [0.2, 0.25) is 0 Å². The quantitative estimate of drug-likeness (QED) is 0.663. The highest BCUT2D eigenvalue weighted by molar-refractivity contribution is 7.16. The van der Waals surface area contributed by atoms with E-state index in [0.717, 1.165) is 16.3 Å². The molecule has 26 heavy (non-hydrogen) atoms. The second-order valence-corrected chi connectivity index (χ2v) is 6.29. The molecule has 0 aliphatic rings. The van der Waals surface area contributed by atoms with Crippen molar-refractivity contribution in [3.63, 3.8) is 0 Å². The molecule has 7 heteroatoms. The van der Waals surface area contributed by atoms with E-state index in [-0.39, 0.29) is 12.1 Å². The molecule has 1 aromatic heterocycles. The largest absolute Gasteiger partial charge is 0.493 e. The number of rotatable bonds is 4. The Labute approximate surface area is 153 Å². The number of hydrogen-bond acceptors (Lipinski definition) is 4. The maximum atomic E-state index is 13.3. The Hall–Kier alpha value is -3.11. The number of aromatic nitrogens is 1. The molecule has 0 saturated carbocycles. The summed E-state index contributed by atoms with van der Waals surface area (Å²) in [6, 6.07) is 8.99. The zero-order chi connectivity index (χ0) is 18.7. The van der Waals surface area contributed by atoms with E-state index < -0.39 is 11.7 Å². The summed E-state index contributed by atoms with van der Waals surface area (Å²) in [5.41, 5.74) is 0.946. The lowest BCUT2D eigenvalue weighted by Gasteiger charge is -2.08. The van der Waals surface area contributed by atoms with Crippen LogP contribution in [0.15, 0.2) is 41.4 Å². The summed E-state index contributed by atoms with van der Waals surface area (Å²) in [5, 5.41) is 0. The molecular weight excluding hydrogens is 355 g/mol. The Morgan fingerprint density at radius 1 is 1.27 bits per heavy atom. The summed E-state index contributed by atoms with van der Waals surface area (Å²) in [6.07, 6.45) is 5.47. The minimum Gasteiger partial charge on any atom is -0.493 e. The molecule has 0 unspecified atom stereocenters. The van der Waals surface area contributed by atoms with Gasteiger partial charge in [0.2, 0.25) is 0 Å². The molecule has 0 fully saturated rings. The van der Waals surface area contributed by atoms with Crippen LogP contribution in [0.25, 0.3) is 10.2 Å². The maximum Gasteiger partial charge on any atom is 0.279 e. The Kier molecular flexibility index (Phi) is 5.05. The molecule has 2 aromatic carbocycles. The Morgan fingerprint density at radius 2 is 2.00 bits per heavy atom. The molecule has 0 aliphatic carbocycles. The van der Waals surface area contributed by atoms with Gasteiger partial charge in [-0.1, -0.05) is 23.3 Å². The van der Waals surface area contributed by atoms with Crippen molar-refractivity contribution in [1.82, 2.24) is 4.57 Å². The molecule has 3 aromatic rings. The second-order valence-electron chi connectivity index (χ2n) is 5.28. The van der Waals surface area contributed by atoms with Crippen LogP contribution in [0.3, 0.4) is 0 Å². The third kappa shape index (κ3) is 3.32. The van der Waals surface area contributed by atoms with Crippen molar-refractivity contribution in [2.24, 2.45) is 4.99 Å². The number of carbonyl (C=O) groups excluding carboxylic acids is 1. The molecule has 5 nitrogen and oxygen atoms in total. The smallest absolute Gasteiger partial charge is 0.279 e. The number of hydrogen-bond donors (Lipinski definition) is 0. The van der Waals surface area contributed by atoms with Crippen molar-refractivity contribution >= 4 is 27.5 Å². The molecule has 0 radical (unpaired) electrons. The minimum atomic E-state index is -0.541. The molecule has 0 saturated heterocycles. The number of amides is 1. The fourth-order valence-electron chi connectivity index (χ4n) is 2.50. The molecule has 3 rings (SSSR count). The topological polar surface area (TPSA) is 52.8 Å². The zero-order valence-corrected chi connectivity index (χ0v) is 15.0. The molecule has 0 bridgehead atoms. The number of carbonyl (C=O) groups is 1. The number of terminal acetylenes is 1. The summed E-state index contributed by atoms with van der Waals surface area (Å²) < 4.78 is 26.6. The highest BCUT2D eigenvalue weighted by Crippen LogP contribution is 2.33. The van der Waals surface area contributed by atoms with Crippen molar-refractivity contribution in [1.29, 1.82) is 0 Å². The van der Waals surface area contributed by atoms with E-state index >= 15 is 0 Å². The Morgan fingerprint density at radius 3 is 2.65 bits per heavy atom. The number of benzene rings is 2. The van der Waals surface area contributed by atoms with Gasteiger partial charge in [-0.3, -0.25) is 4.79 Å². The molecule has 0 atom stereocenters. The number of fused-ring (bicyclic) bond motifs is 1. The summed E-state index contributed by atoms with van der Waals surface area (Å²) in [6.45, 7) is 0.227.